The van der Waals surface area contributed by atoms with E-state index in [0.717, 1.165) is 11.3 Å². The van der Waals surface area contributed by atoms with Gasteiger partial charge in [0.2, 0.25) is 6.29 Å². The zero-order valence-corrected chi connectivity index (χ0v) is 13.9. The Hall–Kier alpha value is -1.18. The van der Waals surface area contributed by atoms with Crippen LogP contribution in [0.5, 0.6) is 5.75 Å². The van der Waals surface area contributed by atoms with Crippen LogP contribution in [0.2, 0.25) is 0 Å². The van der Waals surface area contributed by atoms with Crippen molar-refractivity contribution in [1.29, 1.82) is 0 Å². The highest BCUT2D eigenvalue weighted by molar-refractivity contribution is 5.38. The Labute approximate surface area is 136 Å². The lowest BCUT2D eigenvalue weighted by Gasteiger charge is -2.49. The fourth-order valence-corrected chi connectivity index (χ4v) is 3.66. The van der Waals surface area contributed by atoms with Gasteiger partial charge in [-0.2, -0.15) is 0 Å². The van der Waals surface area contributed by atoms with E-state index in [-0.39, 0.29) is 30.3 Å². The van der Waals surface area contributed by atoms with Crippen molar-refractivity contribution in [3.05, 3.63) is 29.8 Å². The molecule has 6 heteroatoms. The lowest BCUT2D eigenvalue weighted by molar-refractivity contribution is -0.294. The molecule has 0 spiro atoms. The zero-order valence-electron chi connectivity index (χ0n) is 13.9. The molecule has 0 aromatic heterocycles. The van der Waals surface area contributed by atoms with Gasteiger partial charge in [-0.1, -0.05) is 18.2 Å². The van der Waals surface area contributed by atoms with E-state index < -0.39 is 6.29 Å². The third-order valence-corrected chi connectivity index (χ3v) is 4.64. The Morgan fingerprint density at radius 1 is 0.957 bits per heavy atom. The quantitative estimate of drug-likeness (QED) is 0.823. The second kappa shape index (κ2) is 7.15. The number of fused-ring (bicyclic) bond motifs is 2. The van der Waals surface area contributed by atoms with E-state index in [2.05, 4.69) is 0 Å². The first-order valence-electron chi connectivity index (χ1n) is 7.73. The molecule has 0 radical (unpaired) electrons. The van der Waals surface area contributed by atoms with Gasteiger partial charge in [0.25, 0.3) is 0 Å². The first kappa shape index (κ1) is 16.7. The summed E-state index contributed by atoms with van der Waals surface area (Å²) >= 11 is 0. The van der Waals surface area contributed by atoms with E-state index in [0.29, 0.717) is 6.61 Å². The Morgan fingerprint density at radius 3 is 2.35 bits per heavy atom. The van der Waals surface area contributed by atoms with E-state index in [9.17, 15) is 0 Å². The summed E-state index contributed by atoms with van der Waals surface area (Å²) in [4.78, 5) is 0. The summed E-state index contributed by atoms with van der Waals surface area (Å²) in [6, 6.07) is 7.85. The number of hydrogen-bond acceptors (Lipinski definition) is 6. The highest BCUT2D eigenvalue weighted by atomic mass is 16.7. The van der Waals surface area contributed by atoms with Crippen molar-refractivity contribution in [3.8, 4) is 5.75 Å². The largest absolute Gasteiger partial charge is 0.464 e. The minimum atomic E-state index is -0.466. The molecule has 0 amide bonds. The number of benzene rings is 1. The molecule has 6 nitrogen and oxygen atoms in total. The monoisotopic (exact) mass is 324 g/mol. The van der Waals surface area contributed by atoms with Gasteiger partial charge in [0.15, 0.2) is 0 Å². The lowest BCUT2D eigenvalue weighted by Crippen LogP contribution is -2.61. The molecule has 2 aliphatic heterocycles. The van der Waals surface area contributed by atoms with Gasteiger partial charge in [-0.05, 0) is 6.07 Å². The minimum absolute atomic E-state index is 0.127. The van der Waals surface area contributed by atoms with Crippen molar-refractivity contribution in [3.63, 3.8) is 0 Å². The van der Waals surface area contributed by atoms with Crippen LogP contribution >= 0.6 is 0 Å². The van der Waals surface area contributed by atoms with Gasteiger partial charge in [-0.15, -0.1) is 0 Å². The molecule has 3 rings (SSSR count). The van der Waals surface area contributed by atoms with Gasteiger partial charge in [0, 0.05) is 34.0 Å². The van der Waals surface area contributed by atoms with E-state index in [1.165, 1.54) is 0 Å². The lowest BCUT2D eigenvalue weighted by atomic mass is 9.81. The normalized spacial score (nSPS) is 36.0. The number of methoxy groups -OCH3 is 4. The molecular weight excluding hydrogens is 300 g/mol. The zero-order chi connectivity index (χ0) is 16.4. The molecule has 0 aliphatic carbocycles. The van der Waals surface area contributed by atoms with Crippen LogP contribution in [0.3, 0.4) is 0 Å². The Kier molecular flexibility index (Phi) is 5.18. The van der Waals surface area contributed by atoms with Crippen LogP contribution in [0.1, 0.15) is 11.7 Å². The van der Waals surface area contributed by atoms with Crippen LogP contribution in [0.15, 0.2) is 24.3 Å². The number of rotatable bonds is 5. The Balaban J connectivity index is 1.98. The molecule has 1 saturated heterocycles. The topological polar surface area (TPSA) is 55.4 Å². The molecular formula is C17H24O6. The summed E-state index contributed by atoms with van der Waals surface area (Å²) in [6.07, 6.45) is -1.40. The van der Waals surface area contributed by atoms with Crippen molar-refractivity contribution in [1.82, 2.24) is 0 Å². The van der Waals surface area contributed by atoms with E-state index in [1.54, 1.807) is 28.4 Å². The second-order valence-electron chi connectivity index (χ2n) is 5.79. The van der Waals surface area contributed by atoms with Crippen molar-refractivity contribution >= 4 is 0 Å². The van der Waals surface area contributed by atoms with Crippen molar-refractivity contribution < 1.29 is 28.4 Å². The van der Waals surface area contributed by atoms with Gasteiger partial charge in [0.1, 0.15) is 18.0 Å². The maximum atomic E-state index is 6.12. The molecule has 6 atom stereocenters. The SMILES string of the molecule is COC[C@H]1O[C@H]2Oc3ccccc3[C@H](OC)[C@H]2[C@@H](OC)[C@@H]1OC. The maximum Gasteiger partial charge on any atom is 0.208 e. The fraction of sp³-hybridized carbons (Fsp3) is 0.647. The van der Waals surface area contributed by atoms with Crippen LogP contribution in [0, 0.1) is 5.92 Å². The molecule has 2 heterocycles. The minimum Gasteiger partial charge on any atom is -0.464 e. The molecule has 1 aromatic rings. The number of para-hydroxylation sites is 1. The molecule has 1 aromatic carbocycles. The van der Waals surface area contributed by atoms with Crippen molar-refractivity contribution in [2.75, 3.05) is 35.0 Å². The fourth-order valence-electron chi connectivity index (χ4n) is 3.66. The van der Waals surface area contributed by atoms with E-state index in [1.807, 2.05) is 24.3 Å². The van der Waals surface area contributed by atoms with Crippen LogP contribution in [0.25, 0.3) is 0 Å². The highest BCUT2D eigenvalue weighted by Crippen LogP contribution is 2.46. The Bertz CT molecular complexity index is 522. The number of hydrogen-bond donors (Lipinski definition) is 0. The van der Waals surface area contributed by atoms with Crippen LogP contribution in [-0.2, 0) is 23.7 Å². The van der Waals surface area contributed by atoms with Gasteiger partial charge >= 0.3 is 0 Å². The summed E-state index contributed by atoms with van der Waals surface area (Å²) in [5.41, 5.74) is 1.00. The third kappa shape index (κ3) is 2.86. The maximum absolute atomic E-state index is 6.12. The molecule has 0 saturated carbocycles. The van der Waals surface area contributed by atoms with Crippen molar-refractivity contribution in [2.24, 2.45) is 5.92 Å². The molecule has 128 valence electrons. The molecule has 0 N–H and O–H groups in total. The average Bonchev–Trinajstić information content (AvgIpc) is 2.58. The first-order valence-corrected chi connectivity index (χ1v) is 7.73. The standard InChI is InChI=1S/C17H24O6/c1-18-9-12-15(20-3)16(21-4)13-14(19-2)10-7-5-6-8-11(10)22-17(13)23-12/h5-8,12-17H,9H2,1-4H3/t12-,13+,14+,15-,16-,17-/m1/s1. The average molecular weight is 324 g/mol. The van der Waals surface area contributed by atoms with Gasteiger partial charge < -0.3 is 28.4 Å². The van der Waals surface area contributed by atoms with Gasteiger partial charge in [0.05, 0.1) is 24.7 Å². The molecule has 0 bridgehead atoms. The molecule has 23 heavy (non-hydrogen) atoms. The predicted octanol–water partition coefficient (Wildman–Crippen LogP) is 1.78. The molecule has 0 unspecified atom stereocenters. The van der Waals surface area contributed by atoms with E-state index in [4.69, 9.17) is 28.4 Å². The van der Waals surface area contributed by atoms with Gasteiger partial charge in [-0.25, -0.2) is 0 Å². The summed E-state index contributed by atoms with van der Waals surface area (Å²) < 4.78 is 34.7. The smallest absolute Gasteiger partial charge is 0.208 e. The first-order chi connectivity index (χ1) is 11.2. The molecule has 2 aliphatic rings. The van der Waals surface area contributed by atoms with Gasteiger partial charge in [-0.3, -0.25) is 0 Å². The predicted molar refractivity (Wildman–Crippen MR) is 82.4 cm³/mol. The molecule has 1 fully saturated rings. The highest BCUT2D eigenvalue weighted by Gasteiger charge is 2.53. The summed E-state index contributed by atoms with van der Waals surface area (Å²) in [5.74, 6) is 0.653. The third-order valence-electron chi connectivity index (χ3n) is 4.64. The van der Waals surface area contributed by atoms with E-state index >= 15 is 0 Å². The number of ether oxygens (including phenoxy) is 6. The van der Waals surface area contributed by atoms with Crippen LogP contribution in [-0.4, -0.2) is 59.6 Å². The summed E-state index contributed by atoms with van der Waals surface area (Å²) in [7, 11) is 6.66. The Morgan fingerprint density at radius 2 is 1.70 bits per heavy atom. The summed E-state index contributed by atoms with van der Waals surface area (Å²) in [6.45, 7) is 0.407. The van der Waals surface area contributed by atoms with Crippen LogP contribution < -0.4 is 4.74 Å². The second-order valence-corrected chi connectivity index (χ2v) is 5.79. The summed E-state index contributed by atoms with van der Waals surface area (Å²) in [5, 5.41) is 0. The van der Waals surface area contributed by atoms with Crippen molar-refractivity contribution in [2.45, 2.75) is 30.7 Å². The van der Waals surface area contributed by atoms with Crippen LogP contribution in [0.4, 0.5) is 0 Å².